The molecular weight excluding hydrogens is 278 g/mol. The largest absolute Gasteiger partial charge is 0.465 e. The number of esters is 1. The first-order chi connectivity index (χ1) is 10.6. The maximum atomic E-state index is 11.9. The van der Waals surface area contributed by atoms with Crippen LogP contribution in [0, 0.1) is 6.92 Å². The number of nitrogens with two attached hydrogens (primary N) is 1. The number of rotatable bonds is 3. The van der Waals surface area contributed by atoms with Crippen molar-refractivity contribution >= 4 is 11.7 Å². The fraction of sp³-hybridized carbons (Fsp3) is 0.412. The zero-order valence-electron chi connectivity index (χ0n) is 13.0. The summed E-state index contributed by atoms with van der Waals surface area (Å²) in [7, 11) is 1.38. The molecule has 5 heteroatoms. The van der Waals surface area contributed by atoms with Gasteiger partial charge in [0.1, 0.15) is 0 Å². The highest BCUT2D eigenvalue weighted by Crippen LogP contribution is 2.32. The van der Waals surface area contributed by atoms with Gasteiger partial charge >= 0.3 is 5.97 Å². The lowest BCUT2D eigenvalue weighted by Crippen LogP contribution is -2.06. The van der Waals surface area contributed by atoms with Crippen molar-refractivity contribution in [2.24, 2.45) is 0 Å². The van der Waals surface area contributed by atoms with Crippen LogP contribution in [0.2, 0.25) is 0 Å². The third-order valence-corrected chi connectivity index (χ3v) is 4.49. The van der Waals surface area contributed by atoms with Crippen molar-refractivity contribution in [3.05, 3.63) is 35.7 Å². The Morgan fingerprint density at radius 2 is 2.05 bits per heavy atom. The van der Waals surface area contributed by atoms with Crippen LogP contribution in [0.1, 0.15) is 47.6 Å². The Morgan fingerprint density at radius 3 is 2.73 bits per heavy atom. The number of ether oxygens (including phenoxy) is 1. The SMILES string of the molecule is COC(=O)c1cc(-c2cnn(C3CCCC3)c2)cc(N)c1C. The molecule has 1 saturated carbocycles. The quantitative estimate of drug-likeness (QED) is 0.697. The number of hydrogen-bond donors (Lipinski definition) is 1. The molecule has 1 heterocycles. The van der Waals surface area contributed by atoms with E-state index in [0.29, 0.717) is 17.3 Å². The van der Waals surface area contributed by atoms with Gasteiger partial charge in [-0.2, -0.15) is 5.10 Å². The Morgan fingerprint density at radius 1 is 1.32 bits per heavy atom. The first-order valence-corrected chi connectivity index (χ1v) is 7.63. The maximum absolute atomic E-state index is 11.9. The molecule has 2 aromatic rings. The van der Waals surface area contributed by atoms with E-state index in [1.807, 2.05) is 36.1 Å². The zero-order valence-corrected chi connectivity index (χ0v) is 13.0. The molecule has 2 N–H and O–H groups in total. The molecule has 0 amide bonds. The number of methoxy groups -OCH3 is 1. The summed E-state index contributed by atoms with van der Waals surface area (Å²) >= 11 is 0. The molecule has 5 nitrogen and oxygen atoms in total. The van der Waals surface area contributed by atoms with E-state index in [9.17, 15) is 4.79 Å². The van der Waals surface area contributed by atoms with E-state index in [2.05, 4.69) is 5.10 Å². The highest BCUT2D eigenvalue weighted by Gasteiger charge is 2.19. The molecule has 22 heavy (non-hydrogen) atoms. The summed E-state index contributed by atoms with van der Waals surface area (Å²) in [6, 6.07) is 4.21. The zero-order chi connectivity index (χ0) is 15.7. The molecule has 1 fully saturated rings. The lowest BCUT2D eigenvalue weighted by molar-refractivity contribution is 0.0600. The summed E-state index contributed by atoms with van der Waals surface area (Å²) in [4.78, 5) is 11.9. The number of hydrogen-bond acceptors (Lipinski definition) is 4. The summed E-state index contributed by atoms with van der Waals surface area (Å²) in [6.45, 7) is 1.83. The van der Waals surface area contributed by atoms with E-state index >= 15 is 0 Å². The number of anilines is 1. The van der Waals surface area contributed by atoms with Crippen molar-refractivity contribution in [3.63, 3.8) is 0 Å². The molecule has 1 aromatic heterocycles. The normalized spacial score (nSPS) is 15.2. The van der Waals surface area contributed by atoms with Crippen molar-refractivity contribution in [2.45, 2.75) is 38.6 Å². The predicted octanol–water partition coefficient (Wildman–Crippen LogP) is 3.34. The third-order valence-electron chi connectivity index (χ3n) is 4.49. The molecule has 0 atom stereocenters. The fourth-order valence-electron chi connectivity index (χ4n) is 3.08. The molecule has 1 aromatic carbocycles. The van der Waals surface area contributed by atoms with E-state index in [0.717, 1.165) is 16.7 Å². The second-order valence-corrected chi connectivity index (χ2v) is 5.88. The van der Waals surface area contributed by atoms with Crippen molar-refractivity contribution in [1.29, 1.82) is 0 Å². The van der Waals surface area contributed by atoms with Crippen LogP contribution in [-0.4, -0.2) is 22.9 Å². The van der Waals surface area contributed by atoms with Gasteiger partial charge in [-0.25, -0.2) is 4.79 Å². The number of aromatic nitrogens is 2. The number of carbonyl (C=O) groups is 1. The van der Waals surface area contributed by atoms with Crippen LogP contribution < -0.4 is 5.73 Å². The van der Waals surface area contributed by atoms with Crippen LogP contribution in [0.5, 0.6) is 0 Å². The fourth-order valence-corrected chi connectivity index (χ4v) is 3.08. The first kappa shape index (κ1) is 14.6. The minimum Gasteiger partial charge on any atom is -0.465 e. The second kappa shape index (κ2) is 5.83. The second-order valence-electron chi connectivity index (χ2n) is 5.88. The van der Waals surface area contributed by atoms with Gasteiger partial charge in [0.2, 0.25) is 0 Å². The van der Waals surface area contributed by atoms with Gasteiger partial charge in [0.15, 0.2) is 0 Å². The lowest BCUT2D eigenvalue weighted by atomic mass is 10.00. The monoisotopic (exact) mass is 299 g/mol. The Kier molecular flexibility index (Phi) is 3.88. The maximum Gasteiger partial charge on any atom is 0.338 e. The molecular formula is C17H21N3O2. The molecule has 0 radical (unpaired) electrons. The number of carbonyl (C=O) groups excluding carboxylic acids is 1. The summed E-state index contributed by atoms with van der Waals surface area (Å²) in [5, 5.41) is 4.48. The van der Waals surface area contributed by atoms with Crippen molar-refractivity contribution in [3.8, 4) is 11.1 Å². The molecule has 0 bridgehead atoms. The predicted molar refractivity (Wildman–Crippen MR) is 85.7 cm³/mol. The minimum atomic E-state index is -0.366. The van der Waals surface area contributed by atoms with Crippen molar-refractivity contribution in [2.75, 3.05) is 12.8 Å². The first-order valence-electron chi connectivity index (χ1n) is 7.63. The Bertz CT molecular complexity index is 700. The smallest absolute Gasteiger partial charge is 0.338 e. The standard InChI is InChI=1S/C17H21N3O2/c1-11-15(17(21)22-2)7-12(8-16(11)18)13-9-19-20(10-13)14-5-3-4-6-14/h7-10,14H,3-6,18H2,1-2H3. The molecule has 0 aliphatic heterocycles. The number of benzene rings is 1. The van der Waals surface area contributed by atoms with Crippen molar-refractivity contribution in [1.82, 2.24) is 9.78 Å². The van der Waals surface area contributed by atoms with Crippen LogP contribution >= 0.6 is 0 Å². The third kappa shape index (κ3) is 2.58. The van der Waals surface area contributed by atoms with Gasteiger partial charge in [0.25, 0.3) is 0 Å². The highest BCUT2D eigenvalue weighted by atomic mass is 16.5. The van der Waals surface area contributed by atoms with E-state index in [1.54, 1.807) is 0 Å². The van der Waals surface area contributed by atoms with Crippen LogP contribution in [0.25, 0.3) is 11.1 Å². The molecule has 1 aliphatic carbocycles. The Labute approximate surface area is 130 Å². The topological polar surface area (TPSA) is 70.1 Å². The van der Waals surface area contributed by atoms with Gasteiger partial charge in [-0.05, 0) is 43.0 Å². The van der Waals surface area contributed by atoms with Gasteiger partial charge in [0.05, 0.1) is 24.9 Å². The summed E-state index contributed by atoms with van der Waals surface area (Å²) in [5.41, 5.74) is 9.76. The van der Waals surface area contributed by atoms with Crippen LogP contribution in [0.15, 0.2) is 24.5 Å². The lowest BCUT2D eigenvalue weighted by Gasteiger charge is -2.10. The van der Waals surface area contributed by atoms with E-state index < -0.39 is 0 Å². The number of nitrogens with zero attached hydrogens (tertiary/aromatic N) is 2. The minimum absolute atomic E-state index is 0.366. The van der Waals surface area contributed by atoms with Crippen LogP contribution in [0.4, 0.5) is 5.69 Å². The van der Waals surface area contributed by atoms with Gasteiger partial charge < -0.3 is 10.5 Å². The Balaban J connectivity index is 1.97. The van der Waals surface area contributed by atoms with Gasteiger partial charge in [0, 0.05) is 17.4 Å². The number of nitrogen functional groups attached to an aromatic ring is 1. The molecule has 116 valence electrons. The van der Waals surface area contributed by atoms with Gasteiger partial charge in [-0.15, -0.1) is 0 Å². The van der Waals surface area contributed by atoms with Crippen molar-refractivity contribution < 1.29 is 9.53 Å². The van der Waals surface area contributed by atoms with E-state index in [-0.39, 0.29) is 5.97 Å². The summed E-state index contributed by atoms with van der Waals surface area (Å²) in [5.74, 6) is -0.366. The Hall–Kier alpha value is -2.30. The molecule has 0 spiro atoms. The average molecular weight is 299 g/mol. The summed E-state index contributed by atoms with van der Waals surface area (Å²) in [6.07, 6.45) is 8.79. The van der Waals surface area contributed by atoms with Gasteiger partial charge in [-0.3, -0.25) is 4.68 Å². The molecule has 1 aliphatic rings. The molecule has 0 unspecified atom stereocenters. The molecule has 0 saturated heterocycles. The highest BCUT2D eigenvalue weighted by molar-refractivity contribution is 5.94. The molecule has 3 rings (SSSR count). The van der Waals surface area contributed by atoms with E-state index in [4.69, 9.17) is 10.5 Å². The summed E-state index contributed by atoms with van der Waals surface area (Å²) < 4.78 is 6.87. The van der Waals surface area contributed by atoms with Crippen LogP contribution in [-0.2, 0) is 4.74 Å². The van der Waals surface area contributed by atoms with Crippen LogP contribution in [0.3, 0.4) is 0 Å². The van der Waals surface area contributed by atoms with E-state index in [1.165, 1.54) is 32.8 Å². The van der Waals surface area contributed by atoms with Gasteiger partial charge in [-0.1, -0.05) is 12.8 Å². The average Bonchev–Trinajstić information content (AvgIpc) is 3.19.